The molecule has 4 heteroatoms. The average molecular weight is 508 g/mol. The number of benzene rings is 2. The molecule has 0 fully saturated rings. The number of nitrogens with zero attached hydrogens (tertiary/aromatic N) is 1. The molecular weight excluding hydrogens is 458 g/mol. The van der Waals surface area contributed by atoms with Crippen molar-refractivity contribution in [3.63, 3.8) is 0 Å². The van der Waals surface area contributed by atoms with Gasteiger partial charge in [0.15, 0.2) is 0 Å². The Morgan fingerprint density at radius 2 is 1.35 bits per heavy atom. The van der Waals surface area contributed by atoms with Crippen LogP contribution >= 0.6 is 0 Å². The first-order valence-electron chi connectivity index (χ1n) is 14.7. The molecule has 0 radical (unpaired) electrons. The van der Waals surface area contributed by atoms with Gasteiger partial charge in [-0.25, -0.2) is 4.79 Å². The van der Waals surface area contributed by atoms with Gasteiger partial charge >= 0.3 is 5.97 Å². The molecule has 0 amide bonds. The molecule has 2 aromatic carbocycles. The van der Waals surface area contributed by atoms with E-state index in [1.165, 1.54) is 70.6 Å². The lowest BCUT2D eigenvalue weighted by molar-refractivity contribution is 0.0447. The Hall–Kier alpha value is -2.62. The molecule has 1 unspecified atom stereocenters. The molecule has 0 heterocycles. The predicted octanol–water partition coefficient (Wildman–Crippen LogP) is 9.72. The van der Waals surface area contributed by atoms with Crippen LogP contribution in [0.2, 0.25) is 0 Å². The van der Waals surface area contributed by atoms with E-state index in [1.807, 2.05) is 36.4 Å². The van der Waals surface area contributed by atoms with Crippen molar-refractivity contribution < 1.29 is 14.3 Å². The molecule has 0 aliphatic heterocycles. The molecule has 0 saturated heterocycles. The van der Waals surface area contributed by atoms with Gasteiger partial charge in [-0.1, -0.05) is 110 Å². The van der Waals surface area contributed by atoms with Crippen LogP contribution in [0.5, 0.6) is 5.75 Å². The number of ether oxygens (including phenoxy) is 2. The average Bonchev–Trinajstić information content (AvgIpc) is 2.93. The molecule has 0 aromatic heterocycles. The summed E-state index contributed by atoms with van der Waals surface area (Å²) in [5, 5.41) is 0. The van der Waals surface area contributed by atoms with Gasteiger partial charge in [-0.15, -0.1) is 0 Å². The Balaban J connectivity index is 1.57. The summed E-state index contributed by atoms with van der Waals surface area (Å²) in [5.41, 5.74) is 2.37. The summed E-state index contributed by atoms with van der Waals surface area (Å²) in [5.74, 6) is 0.992. The molecular formula is C33H49NO3. The highest BCUT2D eigenvalue weighted by Gasteiger charge is 2.08. The lowest BCUT2D eigenvalue weighted by Crippen LogP contribution is -2.11. The van der Waals surface area contributed by atoms with Crippen molar-refractivity contribution in [1.82, 2.24) is 0 Å². The van der Waals surface area contributed by atoms with Crippen molar-refractivity contribution >= 4 is 17.9 Å². The highest BCUT2D eigenvalue weighted by Crippen LogP contribution is 2.19. The van der Waals surface area contributed by atoms with Crippen molar-refractivity contribution in [2.24, 2.45) is 10.9 Å². The molecule has 0 N–H and O–H groups in total. The number of aliphatic imine (C=N–C) groups is 1. The van der Waals surface area contributed by atoms with Crippen molar-refractivity contribution in [2.75, 3.05) is 13.2 Å². The van der Waals surface area contributed by atoms with Crippen molar-refractivity contribution in [3.8, 4) is 5.75 Å². The third-order valence-electron chi connectivity index (χ3n) is 6.81. The summed E-state index contributed by atoms with van der Waals surface area (Å²) in [6.07, 6.45) is 19.0. The second kappa shape index (κ2) is 19.5. The molecule has 37 heavy (non-hydrogen) atoms. The first kappa shape index (κ1) is 30.6. The topological polar surface area (TPSA) is 47.9 Å². The first-order valence-corrected chi connectivity index (χ1v) is 14.7. The Labute approximate surface area is 225 Å². The van der Waals surface area contributed by atoms with Gasteiger partial charge in [-0.3, -0.25) is 4.99 Å². The largest absolute Gasteiger partial charge is 0.494 e. The number of hydrogen-bond acceptors (Lipinski definition) is 4. The highest BCUT2D eigenvalue weighted by molar-refractivity contribution is 5.91. The number of carbonyl (C=O) groups excluding carboxylic acids is 1. The minimum atomic E-state index is -0.275. The van der Waals surface area contributed by atoms with Crippen LogP contribution in [0, 0.1) is 5.92 Å². The molecule has 0 aliphatic carbocycles. The van der Waals surface area contributed by atoms with Crippen LogP contribution in [-0.4, -0.2) is 25.4 Å². The van der Waals surface area contributed by atoms with Crippen molar-refractivity contribution in [1.29, 1.82) is 0 Å². The van der Waals surface area contributed by atoms with Gasteiger partial charge in [0.05, 0.1) is 24.5 Å². The van der Waals surface area contributed by atoms with Crippen LogP contribution < -0.4 is 4.74 Å². The molecule has 1 atom stereocenters. The van der Waals surface area contributed by atoms with E-state index in [4.69, 9.17) is 9.47 Å². The summed E-state index contributed by atoms with van der Waals surface area (Å²) in [6, 6.07) is 15.2. The first-order chi connectivity index (χ1) is 18.1. The summed E-state index contributed by atoms with van der Waals surface area (Å²) in [6.45, 7) is 7.67. The van der Waals surface area contributed by atoms with Crippen LogP contribution in [0.15, 0.2) is 53.5 Å². The smallest absolute Gasteiger partial charge is 0.338 e. The zero-order valence-electron chi connectivity index (χ0n) is 23.6. The summed E-state index contributed by atoms with van der Waals surface area (Å²) in [4.78, 5) is 16.7. The fourth-order valence-electron chi connectivity index (χ4n) is 4.03. The zero-order chi connectivity index (χ0) is 26.6. The van der Waals surface area contributed by atoms with Crippen LogP contribution in [-0.2, 0) is 4.74 Å². The lowest BCUT2D eigenvalue weighted by Gasteiger charge is -2.09. The van der Waals surface area contributed by atoms with Crippen molar-refractivity contribution in [2.45, 2.75) is 104 Å². The van der Waals surface area contributed by atoms with Gasteiger partial charge in [0.1, 0.15) is 5.75 Å². The quantitative estimate of drug-likeness (QED) is 0.102. The Bertz CT molecular complexity index is 873. The predicted molar refractivity (Wildman–Crippen MR) is 156 cm³/mol. The molecule has 0 aliphatic rings. The van der Waals surface area contributed by atoms with E-state index < -0.39 is 0 Å². The minimum Gasteiger partial charge on any atom is -0.494 e. The molecule has 204 valence electrons. The molecule has 0 bridgehead atoms. The van der Waals surface area contributed by atoms with Crippen LogP contribution in [0.4, 0.5) is 5.69 Å². The number of carbonyl (C=O) groups is 1. The monoisotopic (exact) mass is 507 g/mol. The third kappa shape index (κ3) is 14.0. The maximum atomic E-state index is 12.1. The number of esters is 1. The van der Waals surface area contributed by atoms with E-state index in [2.05, 4.69) is 25.8 Å². The van der Waals surface area contributed by atoms with E-state index in [-0.39, 0.29) is 5.97 Å². The van der Waals surface area contributed by atoms with E-state index in [1.54, 1.807) is 18.3 Å². The minimum absolute atomic E-state index is 0.275. The maximum absolute atomic E-state index is 12.1. The van der Waals surface area contributed by atoms with Gasteiger partial charge in [-0.2, -0.15) is 0 Å². The van der Waals surface area contributed by atoms with E-state index in [9.17, 15) is 4.79 Å². The zero-order valence-corrected chi connectivity index (χ0v) is 23.6. The van der Waals surface area contributed by atoms with E-state index >= 15 is 0 Å². The normalized spacial score (nSPS) is 12.1. The molecule has 0 saturated carbocycles. The van der Waals surface area contributed by atoms with Crippen LogP contribution in [0.25, 0.3) is 0 Å². The third-order valence-corrected chi connectivity index (χ3v) is 6.81. The van der Waals surface area contributed by atoms with Crippen LogP contribution in [0.1, 0.15) is 120 Å². The lowest BCUT2D eigenvalue weighted by atomic mass is 10.1. The summed E-state index contributed by atoms with van der Waals surface area (Å²) < 4.78 is 11.3. The Morgan fingerprint density at radius 3 is 1.92 bits per heavy atom. The number of hydrogen-bond donors (Lipinski definition) is 0. The van der Waals surface area contributed by atoms with Crippen molar-refractivity contribution in [3.05, 3.63) is 59.7 Å². The maximum Gasteiger partial charge on any atom is 0.338 e. The van der Waals surface area contributed by atoms with Gasteiger partial charge in [0.2, 0.25) is 0 Å². The molecule has 2 rings (SSSR count). The van der Waals surface area contributed by atoms with Gasteiger partial charge in [0.25, 0.3) is 0 Å². The SMILES string of the molecule is CCCCCCCCCCCCCCOc1ccc(N=Cc2ccc(C(=O)OCC(C)CC)cc2)cc1. The fraction of sp³-hybridized carbons (Fsp3) is 0.576. The Kier molecular flexibility index (Phi) is 16.1. The van der Waals surface area contributed by atoms with Gasteiger partial charge in [0, 0.05) is 6.21 Å². The van der Waals surface area contributed by atoms with Gasteiger partial charge in [-0.05, 0) is 54.3 Å². The number of rotatable bonds is 20. The highest BCUT2D eigenvalue weighted by atomic mass is 16.5. The summed E-state index contributed by atoms with van der Waals surface area (Å²) in [7, 11) is 0. The van der Waals surface area contributed by atoms with Crippen LogP contribution in [0.3, 0.4) is 0 Å². The summed E-state index contributed by atoms with van der Waals surface area (Å²) >= 11 is 0. The molecule has 2 aromatic rings. The molecule has 0 spiro atoms. The van der Waals surface area contributed by atoms with E-state index in [0.717, 1.165) is 36.4 Å². The molecule has 4 nitrogen and oxygen atoms in total. The van der Waals surface area contributed by atoms with Gasteiger partial charge < -0.3 is 9.47 Å². The number of unbranched alkanes of at least 4 members (excludes halogenated alkanes) is 11. The second-order valence-electron chi connectivity index (χ2n) is 10.2. The van der Waals surface area contributed by atoms with E-state index in [0.29, 0.717) is 18.1 Å². The standard InChI is InChI=1S/C33H49NO3/c1-4-6-7-8-9-10-11-12-13-14-15-16-25-36-32-23-21-31(22-24-32)34-26-29-17-19-30(20-18-29)33(35)37-27-28(3)5-2/h17-24,26,28H,4-16,25,27H2,1-3H3. The fourth-order valence-corrected chi connectivity index (χ4v) is 4.03. The second-order valence-corrected chi connectivity index (χ2v) is 10.2. The Morgan fingerprint density at radius 1 is 0.784 bits per heavy atom.